The zero-order valence-electron chi connectivity index (χ0n) is 17.4. The first kappa shape index (κ1) is 20.9. The predicted octanol–water partition coefficient (Wildman–Crippen LogP) is 4.31. The van der Waals surface area contributed by atoms with Crippen LogP contribution in [0.4, 0.5) is 5.82 Å². The van der Waals surface area contributed by atoms with E-state index in [1.165, 1.54) is 0 Å². The van der Waals surface area contributed by atoms with Gasteiger partial charge in [-0.05, 0) is 31.2 Å². The Hall–Kier alpha value is -2.37. The molecule has 0 aromatic carbocycles. The maximum Gasteiger partial charge on any atom is 0.257 e. The number of nitrogens with zero attached hydrogens (tertiary/aromatic N) is 3. The lowest BCUT2D eigenvalue weighted by Gasteiger charge is -2.18. The van der Waals surface area contributed by atoms with Gasteiger partial charge in [0.15, 0.2) is 5.82 Å². The highest BCUT2D eigenvalue weighted by molar-refractivity contribution is 5.44. The highest BCUT2D eigenvalue weighted by Gasteiger charge is 2.17. The van der Waals surface area contributed by atoms with Crippen molar-refractivity contribution in [1.82, 2.24) is 15.0 Å². The quantitative estimate of drug-likeness (QED) is 0.706. The molecule has 148 valence electrons. The number of pyridine rings is 1. The molecular weight excluding hydrogens is 340 g/mol. The summed E-state index contributed by atoms with van der Waals surface area (Å²) in [5.41, 5.74) is 9.85. The Morgan fingerprint density at radius 1 is 0.963 bits per heavy atom. The molecule has 2 aromatic heterocycles. The van der Waals surface area contributed by atoms with Crippen molar-refractivity contribution in [3.05, 3.63) is 34.8 Å². The Kier molecular flexibility index (Phi) is 7.39. The van der Waals surface area contributed by atoms with E-state index in [1.807, 2.05) is 12.1 Å². The number of hydrogen-bond acceptors (Lipinski definition) is 6. The van der Waals surface area contributed by atoms with Crippen molar-refractivity contribution in [1.29, 1.82) is 0 Å². The molecule has 2 N–H and O–H groups in total. The summed E-state index contributed by atoms with van der Waals surface area (Å²) in [7, 11) is 1.64. The summed E-state index contributed by atoms with van der Waals surface area (Å²) in [6, 6.07) is 4.09. The van der Waals surface area contributed by atoms with Gasteiger partial charge >= 0.3 is 0 Å². The van der Waals surface area contributed by atoms with Crippen LogP contribution in [-0.4, -0.2) is 28.2 Å². The summed E-state index contributed by atoms with van der Waals surface area (Å²) in [6.07, 6.45) is 3.24. The second-order valence-electron chi connectivity index (χ2n) is 6.95. The van der Waals surface area contributed by atoms with E-state index in [1.54, 1.807) is 7.11 Å². The van der Waals surface area contributed by atoms with Crippen LogP contribution in [0.15, 0.2) is 12.1 Å². The van der Waals surface area contributed by atoms with Crippen molar-refractivity contribution >= 4 is 5.82 Å². The normalized spacial score (nSPS) is 11.3. The Morgan fingerprint density at radius 2 is 1.67 bits per heavy atom. The molecule has 6 nitrogen and oxygen atoms in total. The summed E-state index contributed by atoms with van der Waals surface area (Å²) >= 11 is 0. The molecule has 6 heteroatoms. The van der Waals surface area contributed by atoms with E-state index in [0.717, 1.165) is 41.9 Å². The molecule has 0 spiro atoms. The lowest BCUT2D eigenvalue weighted by molar-refractivity contribution is 0.185. The van der Waals surface area contributed by atoms with Crippen LogP contribution in [0.2, 0.25) is 0 Å². The molecular formula is C21H32N4O2. The van der Waals surface area contributed by atoms with Crippen LogP contribution < -0.4 is 15.2 Å². The first-order valence-corrected chi connectivity index (χ1v) is 9.79. The Bertz CT molecular complexity index is 758. The van der Waals surface area contributed by atoms with E-state index >= 15 is 0 Å². The third-order valence-corrected chi connectivity index (χ3v) is 4.67. The zero-order chi connectivity index (χ0) is 20.0. The largest absolute Gasteiger partial charge is 0.481 e. The molecule has 2 heterocycles. The maximum atomic E-state index is 6.15. The van der Waals surface area contributed by atoms with Crippen LogP contribution in [0.3, 0.4) is 0 Å². The molecule has 0 aliphatic rings. The van der Waals surface area contributed by atoms with E-state index in [4.69, 9.17) is 15.2 Å². The van der Waals surface area contributed by atoms with Gasteiger partial charge in [-0.1, -0.05) is 40.7 Å². The van der Waals surface area contributed by atoms with Crippen molar-refractivity contribution in [3.8, 4) is 11.8 Å². The van der Waals surface area contributed by atoms with Gasteiger partial charge in [-0.3, -0.25) is 0 Å². The second kappa shape index (κ2) is 9.53. The van der Waals surface area contributed by atoms with Crippen molar-refractivity contribution in [2.75, 3.05) is 12.8 Å². The van der Waals surface area contributed by atoms with Crippen molar-refractivity contribution in [3.63, 3.8) is 0 Å². The molecule has 0 aliphatic carbocycles. The number of hydrogen-bond donors (Lipinski definition) is 1. The fourth-order valence-electron chi connectivity index (χ4n) is 2.92. The number of nitrogens with two attached hydrogens (primary N) is 1. The maximum absolute atomic E-state index is 6.15. The third kappa shape index (κ3) is 5.08. The first-order chi connectivity index (χ1) is 12.9. The van der Waals surface area contributed by atoms with E-state index in [-0.39, 0.29) is 6.10 Å². The topological polar surface area (TPSA) is 83.2 Å². The Labute approximate surface area is 162 Å². The number of aryl methyl sites for hydroxylation is 1. The third-order valence-electron chi connectivity index (χ3n) is 4.67. The van der Waals surface area contributed by atoms with E-state index < -0.39 is 0 Å². The molecule has 0 amide bonds. The lowest BCUT2D eigenvalue weighted by Crippen LogP contribution is -2.17. The molecule has 0 atom stereocenters. The van der Waals surface area contributed by atoms with Gasteiger partial charge in [0.25, 0.3) is 5.88 Å². The highest BCUT2D eigenvalue weighted by atomic mass is 16.5. The predicted molar refractivity (Wildman–Crippen MR) is 109 cm³/mol. The SMILES string of the molecule is CCc1nc(OC(CC)CC)c(N)nc1Cc1ccc(C(C)C)nc1OC. The molecule has 0 fully saturated rings. The number of aromatic nitrogens is 3. The van der Waals surface area contributed by atoms with Gasteiger partial charge in [0, 0.05) is 17.7 Å². The molecule has 0 aliphatic heterocycles. The minimum Gasteiger partial charge on any atom is -0.481 e. The van der Waals surface area contributed by atoms with Gasteiger partial charge in [0.2, 0.25) is 5.88 Å². The number of nitrogen functional groups attached to an aromatic ring is 1. The van der Waals surface area contributed by atoms with Gasteiger partial charge in [-0.15, -0.1) is 0 Å². The molecule has 0 radical (unpaired) electrons. The summed E-state index contributed by atoms with van der Waals surface area (Å²) in [5.74, 6) is 1.74. The van der Waals surface area contributed by atoms with Crippen molar-refractivity contribution < 1.29 is 9.47 Å². The van der Waals surface area contributed by atoms with E-state index in [9.17, 15) is 0 Å². The van der Waals surface area contributed by atoms with Crippen LogP contribution in [0, 0.1) is 0 Å². The molecule has 0 saturated carbocycles. The fraction of sp³-hybridized carbons (Fsp3) is 0.571. The molecule has 2 rings (SSSR count). The second-order valence-corrected chi connectivity index (χ2v) is 6.95. The minimum atomic E-state index is 0.102. The van der Waals surface area contributed by atoms with Gasteiger partial charge in [-0.2, -0.15) is 0 Å². The summed E-state index contributed by atoms with van der Waals surface area (Å²) in [4.78, 5) is 13.9. The summed E-state index contributed by atoms with van der Waals surface area (Å²) in [6.45, 7) is 10.5. The average Bonchev–Trinajstić information content (AvgIpc) is 2.67. The monoisotopic (exact) mass is 372 g/mol. The van der Waals surface area contributed by atoms with Crippen LogP contribution >= 0.6 is 0 Å². The smallest absolute Gasteiger partial charge is 0.257 e. The van der Waals surface area contributed by atoms with Crippen LogP contribution in [0.1, 0.15) is 76.0 Å². The summed E-state index contributed by atoms with van der Waals surface area (Å²) in [5, 5.41) is 0. The van der Waals surface area contributed by atoms with Gasteiger partial charge in [0.05, 0.1) is 18.5 Å². The lowest BCUT2D eigenvalue weighted by atomic mass is 10.0. The number of methoxy groups -OCH3 is 1. The average molecular weight is 373 g/mol. The van der Waals surface area contributed by atoms with Crippen LogP contribution in [0.25, 0.3) is 0 Å². The van der Waals surface area contributed by atoms with Crippen molar-refractivity contribution in [2.45, 2.75) is 72.3 Å². The molecule has 0 bridgehead atoms. The van der Waals surface area contributed by atoms with E-state index in [2.05, 4.69) is 49.6 Å². The first-order valence-electron chi connectivity index (χ1n) is 9.79. The summed E-state index contributed by atoms with van der Waals surface area (Å²) < 4.78 is 11.4. The minimum absolute atomic E-state index is 0.102. The van der Waals surface area contributed by atoms with Gasteiger partial charge in [-0.25, -0.2) is 15.0 Å². The fourth-order valence-corrected chi connectivity index (χ4v) is 2.92. The van der Waals surface area contributed by atoms with Crippen LogP contribution in [-0.2, 0) is 12.8 Å². The molecule has 2 aromatic rings. The van der Waals surface area contributed by atoms with Crippen molar-refractivity contribution in [2.24, 2.45) is 0 Å². The molecule has 0 saturated heterocycles. The number of anilines is 1. The number of rotatable bonds is 9. The number of ether oxygens (including phenoxy) is 2. The molecule has 0 unspecified atom stereocenters. The standard InChI is InChI=1S/C21H32N4O2/c1-7-15(8-2)27-21-19(22)23-18(16(9-3)24-21)12-14-10-11-17(13(4)5)25-20(14)26-6/h10-11,13,15H,7-9,12H2,1-6H3,(H2,22,23). The molecule has 27 heavy (non-hydrogen) atoms. The Morgan fingerprint density at radius 3 is 2.22 bits per heavy atom. The highest BCUT2D eigenvalue weighted by Crippen LogP contribution is 2.26. The Balaban J connectivity index is 2.35. The van der Waals surface area contributed by atoms with Gasteiger partial charge in [0.1, 0.15) is 6.10 Å². The van der Waals surface area contributed by atoms with Crippen LogP contribution in [0.5, 0.6) is 11.8 Å². The van der Waals surface area contributed by atoms with E-state index in [0.29, 0.717) is 29.9 Å². The zero-order valence-corrected chi connectivity index (χ0v) is 17.4. The van der Waals surface area contributed by atoms with Gasteiger partial charge < -0.3 is 15.2 Å².